The predicted molar refractivity (Wildman–Crippen MR) is 81.1 cm³/mol. The van der Waals surface area contributed by atoms with Gasteiger partial charge in [-0.05, 0) is 32.9 Å². The van der Waals surface area contributed by atoms with Gasteiger partial charge in [-0.3, -0.25) is 14.9 Å². The summed E-state index contributed by atoms with van der Waals surface area (Å²) >= 11 is 11.9. The molecule has 1 aliphatic rings. The molecular formula is C13H15Cl2N3O3. The SMILES string of the molecule is CC1(NC(=O)c2cc([N+](=O)[O-])cc(Cl)c2Cl)CCNCC1. The van der Waals surface area contributed by atoms with Gasteiger partial charge in [0.1, 0.15) is 0 Å². The summed E-state index contributed by atoms with van der Waals surface area (Å²) in [4.78, 5) is 22.6. The third-order valence-electron chi connectivity index (χ3n) is 3.59. The van der Waals surface area contributed by atoms with Crippen LogP contribution in [0.15, 0.2) is 12.1 Å². The molecule has 114 valence electrons. The maximum atomic E-state index is 12.4. The van der Waals surface area contributed by atoms with E-state index in [1.807, 2.05) is 6.92 Å². The topological polar surface area (TPSA) is 84.3 Å². The highest BCUT2D eigenvalue weighted by molar-refractivity contribution is 6.44. The third kappa shape index (κ3) is 3.64. The van der Waals surface area contributed by atoms with Crippen molar-refractivity contribution in [2.24, 2.45) is 0 Å². The van der Waals surface area contributed by atoms with E-state index in [1.54, 1.807) is 0 Å². The number of nitro groups is 1. The number of amides is 1. The van der Waals surface area contributed by atoms with Crippen LogP contribution in [0.1, 0.15) is 30.1 Å². The standard InChI is InChI=1S/C13H15Cl2N3O3/c1-13(2-4-16-5-3-13)17-12(19)9-6-8(18(20)21)7-10(14)11(9)15/h6-7,16H,2-5H2,1H3,(H,17,19). The van der Waals surface area contributed by atoms with Crippen LogP contribution in [0, 0.1) is 10.1 Å². The fourth-order valence-electron chi connectivity index (χ4n) is 2.29. The van der Waals surface area contributed by atoms with Crippen LogP contribution in [-0.4, -0.2) is 29.5 Å². The maximum Gasteiger partial charge on any atom is 0.271 e. The monoisotopic (exact) mass is 331 g/mol. The van der Waals surface area contributed by atoms with Crippen LogP contribution in [0.3, 0.4) is 0 Å². The van der Waals surface area contributed by atoms with Crippen molar-refractivity contribution < 1.29 is 9.72 Å². The average Bonchev–Trinajstić information content (AvgIpc) is 2.41. The summed E-state index contributed by atoms with van der Waals surface area (Å²) in [5.74, 6) is -0.449. The van der Waals surface area contributed by atoms with E-state index in [2.05, 4.69) is 10.6 Å². The van der Waals surface area contributed by atoms with Gasteiger partial charge in [-0.25, -0.2) is 0 Å². The average molecular weight is 332 g/mol. The van der Waals surface area contributed by atoms with Gasteiger partial charge in [-0.2, -0.15) is 0 Å². The Balaban J connectivity index is 2.28. The molecule has 0 spiro atoms. The zero-order valence-corrected chi connectivity index (χ0v) is 12.9. The summed E-state index contributed by atoms with van der Waals surface area (Å²) in [5.41, 5.74) is -0.594. The number of nitrogens with zero attached hydrogens (tertiary/aromatic N) is 1. The Bertz CT molecular complexity index is 586. The molecule has 0 saturated carbocycles. The van der Waals surface area contributed by atoms with Gasteiger partial charge in [0.05, 0.1) is 20.5 Å². The van der Waals surface area contributed by atoms with Crippen LogP contribution < -0.4 is 10.6 Å². The van der Waals surface area contributed by atoms with Gasteiger partial charge in [0.15, 0.2) is 0 Å². The summed E-state index contributed by atoms with van der Waals surface area (Å²) in [6.45, 7) is 3.55. The van der Waals surface area contributed by atoms with Gasteiger partial charge in [-0.15, -0.1) is 0 Å². The lowest BCUT2D eigenvalue weighted by molar-refractivity contribution is -0.384. The highest BCUT2D eigenvalue weighted by atomic mass is 35.5. The number of nitro benzene ring substituents is 1. The first-order chi connectivity index (χ1) is 9.82. The molecule has 0 unspecified atom stereocenters. The quantitative estimate of drug-likeness (QED) is 0.658. The lowest BCUT2D eigenvalue weighted by Gasteiger charge is -2.35. The second-order valence-corrected chi connectivity index (χ2v) is 6.10. The molecule has 0 atom stereocenters. The van der Waals surface area contributed by atoms with Gasteiger partial charge in [0.2, 0.25) is 0 Å². The predicted octanol–water partition coefficient (Wildman–Crippen LogP) is 2.77. The number of hydrogen-bond acceptors (Lipinski definition) is 4. The zero-order chi connectivity index (χ0) is 15.6. The molecule has 0 aromatic heterocycles. The Kier molecular flexibility index (Phi) is 4.70. The molecular weight excluding hydrogens is 317 g/mol. The maximum absolute atomic E-state index is 12.4. The van der Waals surface area contributed by atoms with Crippen LogP contribution in [0.25, 0.3) is 0 Å². The largest absolute Gasteiger partial charge is 0.347 e. The Labute approximate surface area is 132 Å². The number of carbonyl (C=O) groups is 1. The minimum Gasteiger partial charge on any atom is -0.347 e. The number of benzene rings is 1. The van der Waals surface area contributed by atoms with Crippen molar-refractivity contribution in [1.29, 1.82) is 0 Å². The highest BCUT2D eigenvalue weighted by Crippen LogP contribution is 2.31. The van der Waals surface area contributed by atoms with Crippen molar-refractivity contribution in [2.45, 2.75) is 25.3 Å². The molecule has 1 aliphatic heterocycles. The summed E-state index contributed by atoms with van der Waals surface area (Å²) in [5, 5.41) is 17.0. The number of hydrogen-bond donors (Lipinski definition) is 2. The van der Waals surface area contributed by atoms with E-state index in [4.69, 9.17) is 23.2 Å². The number of rotatable bonds is 3. The lowest BCUT2D eigenvalue weighted by atomic mass is 9.90. The molecule has 1 saturated heterocycles. The summed E-state index contributed by atoms with van der Waals surface area (Å²) in [7, 11) is 0. The molecule has 2 N–H and O–H groups in total. The second-order valence-electron chi connectivity index (χ2n) is 5.31. The van der Waals surface area contributed by atoms with Gasteiger partial charge in [0.25, 0.3) is 11.6 Å². The molecule has 1 fully saturated rings. The molecule has 6 nitrogen and oxygen atoms in total. The van der Waals surface area contributed by atoms with Crippen molar-refractivity contribution in [3.05, 3.63) is 37.9 Å². The minimum absolute atomic E-state index is 0.00789. The summed E-state index contributed by atoms with van der Waals surface area (Å²) in [6.07, 6.45) is 1.55. The number of carbonyl (C=O) groups excluding carboxylic acids is 1. The van der Waals surface area contributed by atoms with Crippen LogP contribution in [0.2, 0.25) is 10.0 Å². The Hall–Kier alpha value is -1.37. The van der Waals surface area contributed by atoms with Crippen LogP contribution in [-0.2, 0) is 0 Å². The van der Waals surface area contributed by atoms with E-state index in [0.717, 1.165) is 38.1 Å². The van der Waals surface area contributed by atoms with Crippen molar-refractivity contribution in [3.8, 4) is 0 Å². The number of nitrogens with one attached hydrogen (secondary N) is 2. The Morgan fingerprint density at radius 1 is 1.38 bits per heavy atom. The summed E-state index contributed by atoms with van der Waals surface area (Å²) in [6, 6.07) is 2.28. The van der Waals surface area contributed by atoms with E-state index in [9.17, 15) is 14.9 Å². The molecule has 1 aromatic rings. The van der Waals surface area contributed by atoms with Gasteiger partial charge >= 0.3 is 0 Å². The smallest absolute Gasteiger partial charge is 0.271 e. The summed E-state index contributed by atoms with van der Waals surface area (Å²) < 4.78 is 0. The molecule has 1 heterocycles. The first-order valence-electron chi connectivity index (χ1n) is 6.49. The van der Waals surface area contributed by atoms with E-state index in [1.165, 1.54) is 0 Å². The number of halogens is 2. The van der Waals surface area contributed by atoms with Crippen LogP contribution >= 0.6 is 23.2 Å². The first kappa shape index (κ1) is 16.0. The van der Waals surface area contributed by atoms with Gasteiger partial charge in [0, 0.05) is 17.7 Å². The molecule has 1 amide bonds. The molecule has 21 heavy (non-hydrogen) atoms. The highest BCUT2D eigenvalue weighted by Gasteiger charge is 2.30. The van der Waals surface area contributed by atoms with Gasteiger partial charge in [-0.1, -0.05) is 23.2 Å². The third-order valence-corrected chi connectivity index (χ3v) is 4.39. The molecule has 0 radical (unpaired) electrons. The van der Waals surface area contributed by atoms with Crippen molar-refractivity contribution in [1.82, 2.24) is 10.6 Å². The van der Waals surface area contributed by atoms with Crippen molar-refractivity contribution >= 4 is 34.8 Å². The molecule has 0 aliphatic carbocycles. The van der Waals surface area contributed by atoms with Gasteiger partial charge < -0.3 is 10.6 Å². The second kappa shape index (κ2) is 6.17. The molecule has 2 rings (SSSR count). The first-order valence-corrected chi connectivity index (χ1v) is 7.25. The van der Waals surface area contributed by atoms with Crippen molar-refractivity contribution in [3.63, 3.8) is 0 Å². The molecule has 8 heteroatoms. The van der Waals surface area contributed by atoms with E-state index < -0.39 is 10.8 Å². The Morgan fingerprint density at radius 2 is 2.00 bits per heavy atom. The normalized spacial score (nSPS) is 17.3. The van der Waals surface area contributed by atoms with Crippen LogP contribution in [0.5, 0.6) is 0 Å². The Morgan fingerprint density at radius 3 is 2.57 bits per heavy atom. The van der Waals surface area contributed by atoms with E-state index in [0.29, 0.717) is 0 Å². The fraction of sp³-hybridized carbons (Fsp3) is 0.462. The van der Waals surface area contributed by atoms with E-state index >= 15 is 0 Å². The van der Waals surface area contributed by atoms with Crippen molar-refractivity contribution in [2.75, 3.05) is 13.1 Å². The van der Waals surface area contributed by atoms with E-state index in [-0.39, 0.29) is 26.8 Å². The fourth-order valence-corrected chi connectivity index (χ4v) is 2.70. The lowest BCUT2D eigenvalue weighted by Crippen LogP contribution is -2.52. The zero-order valence-electron chi connectivity index (χ0n) is 11.4. The van der Waals surface area contributed by atoms with Crippen LogP contribution in [0.4, 0.5) is 5.69 Å². The molecule has 1 aromatic carbocycles. The minimum atomic E-state index is -0.606. The number of piperidine rings is 1. The number of non-ortho nitro benzene ring substituents is 1. The molecule has 0 bridgehead atoms.